The number of carbonyl (C=O) groups excluding carboxylic acids is 2. The summed E-state index contributed by atoms with van der Waals surface area (Å²) >= 11 is 0. The first kappa shape index (κ1) is 15.1. The molecule has 0 atom stereocenters. The molecule has 2 aliphatic rings. The number of Topliss-reactive ketones (excluding diaryl/α,β-unsaturated/α-hetero) is 2. The van der Waals surface area contributed by atoms with Gasteiger partial charge in [-0.3, -0.25) is 9.59 Å². The maximum atomic E-state index is 12.9. The lowest BCUT2D eigenvalue weighted by atomic mass is 9.79. The van der Waals surface area contributed by atoms with Gasteiger partial charge in [0.15, 0.2) is 11.6 Å². The Hall–Kier alpha value is -3.40. The Morgan fingerprint density at radius 1 is 0.840 bits per heavy atom. The second-order valence-electron chi connectivity index (χ2n) is 5.96. The molecule has 0 unspecified atom stereocenters. The van der Waals surface area contributed by atoms with E-state index in [-0.39, 0.29) is 22.7 Å². The van der Waals surface area contributed by atoms with Crippen LogP contribution in [0, 0.1) is 0 Å². The van der Waals surface area contributed by atoms with Crippen LogP contribution in [0.25, 0.3) is 5.76 Å². The average Bonchev–Trinajstić information content (AvgIpc) is 2.64. The highest BCUT2D eigenvalue weighted by molar-refractivity contribution is 6.30. The van der Waals surface area contributed by atoms with E-state index >= 15 is 0 Å². The van der Waals surface area contributed by atoms with Crippen molar-refractivity contribution >= 4 is 17.3 Å². The van der Waals surface area contributed by atoms with E-state index < -0.39 is 0 Å². The van der Waals surface area contributed by atoms with E-state index in [0.29, 0.717) is 33.9 Å². The summed E-state index contributed by atoms with van der Waals surface area (Å²) < 4.78 is 6.06. The molecule has 0 heterocycles. The largest absolute Gasteiger partial charge is 0.456 e. The van der Waals surface area contributed by atoms with E-state index in [2.05, 4.69) is 0 Å². The fraction of sp³-hybridized carbons (Fsp3) is 0.0476. The third kappa shape index (κ3) is 2.31. The topological polar surface area (TPSA) is 69.4 Å². The van der Waals surface area contributed by atoms with Gasteiger partial charge in [-0.25, -0.2) is 0 Å². The normalized spacial score (nSPS) is 16.4. The SMILES string of the molecule is CC1=C(N)C=C2C(=O)c3ccccc3C(Oc3ccccc3)=C2C1=O. The van der Waals surface area contributed by atoms with E-state index in [9.17, 15) is 9.59 Å². The van der Waals surface area contributed by atoms with Gasteiger partial charge < -0.3 is 10.5 Å². The molecule has 0 amide bonds. The van der Waals surface area contributed by atoms with Gasteiger partial charge in [0.1, 0.15) is 11.5 Å². The molecule has 122 valence electrons. The number of ether oxygens (including phenoxy) is 1. The van der Waals surface area contributed by atoms with Crippen molar-refractivity contribution in [3.05, 3.63) is 94.2 Å². The second-order valence-corrected chi connectivity index (χ2v) is 5.96. The highest BCUT2D eigenvalue weighted by Gasteiger charge is 2.37. The lowest BCUT2D eigenvalue weighted by molar-refractivity contribution is -0.112. The van der Waals surface area contributed by atoms with Crippen LogP contribution in [0.2, 0.25) is 0 Å². The Bertz CT molecular complexity index is 1010. The zero-order valence-electron chi connectivity index (χ0n) is 13.6. The molecule has 0 fully saturated rings. The minimum absolute atomic E-state index is 0.213. The molecule has 4 nitrogen and oxygen atoms in total. The van der Waals surface area contributed by atoms with Gasteiger partial charge in [-0.2, -0.15) is 0 Å². The number of fused-ring (bicyclic) bond motifs is 2. The van der Waals surface area contributed by atoms with Crippen LogP contribution in [-0.4, -0.2) is 11.6 Å². The van der Waals surface area contributed by atoms with Gasteiger partial charge in [-0.15, -0.1) is 0 Å². The molecule has 4 rings (SSSR count). The van der Waals surface area contributed by atoms with Gasteiger partial charge >= 0.3 is 0 Å². The molecule has 0 bridgehead atoms. The van der Waals surface area contributed by atoms with Crippen LogP contribution in [0.4, 0.5) is 0 Å². The van der Waals surface area contributed by atoms with E-state index in [1.165, 1.54) is 0 Å². The molecule has 0 saturated heterocycles. The minimum atomic E-state index is -0.274. The molecular weight excluding hydrogens is 314 g/mol. The van der Waals surface area contributed by atoms with Crippen LogP contribution in [0.15, 0.2) is 83.1 Å². The van der Waals surface area contributed by atoms with Crippen molar-refractivity contribution in [2.24, 2.45) is 5.73 Å². The zero-order chi connectivity index (χ0) is 17.6. The second kappa shape index (κ2) is 5.60. The molecular formula is C21H15NO3. The standard InChI is InChI=1S/C21H15NO3/c1-12-17(22)11-16-18(19(12)23)21(25-13-7-3-2-4-8-13)15-10-6-5-9-14(15)20(16)24/h2-11H,22H2,1H3. The molecule has 0 aromatic heterocycles. The summed E-state index contributed by atoms with van der Waals surface area (Å²) in [5.41, 5.74) is 8.34. The summed E-state index contributed by atoms with van der Waals surface area (Å²) in [5, 5.41) is 0. The molecule has 0 radical (unpaired) electrons. The lowest BCUT2D eigenvalue weighted by Gasteiger charge is -2.26. The van der Waals surface area contributed by atoms with Crippen LogP contribution in [0.3, 0.4) is 0 Å². The van der Waals surface area contributed by atoms with Gasteiger partial charge in [0.25, 0.3) is 0 Å². The minimum Gasteiger partial charge on any atom is -0.456 e. The van der Waals surface area contributed by atoms with Crippen molar-refractivity contribution < 1.29 is 14.3 Å². The summed E-state index contributed by atoms with van der Waals surface area (Å²) in [4.78, 5) is 25.7. The van der Waals surface area contributed by atoms with Crippen LogP contribution in [-0.2, 0) is 4.79 Å². The molecule has 0 saturated carbocycles. The summed E-state index contributed by atoms with van der Waals surface area (Å²) in [6, 6.07) is 16.3. The molecule has 2 aliphatic carbocycles. The maximum Gasteiger partial charge on any atom is 0.195 e. The zero-order valence-corrected chi connectivity index (χ0v) is 13.6. The van der Waals surface area contributed by atoms with Gasteiger partial charge in [0, 0.05) is 28.0 Å². The highest BCUT2D eigenvalue weighted by atomic mass is 16.5. The van der Waals surface area contributed by atoms with Crippen molar-refractivity contribution in [1.29, 1.82) is 0 Å². The molecule has 2 aromatic rings. The highest BCUT2D eigenvalue weighted by Crippen LogP contribution is 2.39. The van der Waals surface area contributed by atoms with E-state index in [1.807, 2.05) is 24.3 Å². The average molecular weight is 329 g/mol. The maximum absolute atomic E-state index is 12.9. The van der Waals surface area contributed by atoms with Gasteiger partial charge in [0.2, 0.25) is 0 Å². The monoisotopic (exact) mass is 329 g/mol. The van der Waals surface area contributed by atoms with Crippen molar-refractivity contribution in [3.63, 3.8) is 0 Å². The van der Waals surface area contributed by atoms with Gasteiger partial charge in [-0.1, -0.05) is 42.5 Å². The molecule has 2 N–H and O–H groups in total. The summed E-state index contributed by atoms with van der Waals surface area (Å²) in [5.74, 6) is 0.504. The molecule has 0 aliphatic heterocycles. The van der Waals surface area contributed by atoms with Crippen molar-refractivity contribution in [3.8, 4) is 5.75 Å². The molecule has 2 aromatic carbocycles. The van der Waals surface area contributed by atoms with Crippen LogP contribution < -0.4 is 10.5 Å². The Labute approximate surface area is 144 Å². The third-order valence-electron chi connectivity index (χ3n) is 4.42. The lowest BCUT2D eigenvalue weighted by Crippen LogP contribution is -2.27. The number of benzene rings is 2. The van der Waals surface area contributed by atoms with Crippen molar-refractivity contribution in [1.82, 2.24) is 0 Å². The first-order valence-corrected chi connectivity index (χ1v) is 7.92. The number of allylic oxidation sites excluding steroid dienone is 4. The molecule has 4 heteroatoms. The first-order chi connectivity index (χ1) is 12.1. The van der Waals surface area contributed by atoms with E-state index in [0.717, 1.165) is 0 Å². The Morgan fingerprint density at radius 2 is 1.48 bits per heavy atom. The molecule has 25 heavy (non-hydrogen) atoms. The van der Waals surface area contributed by atoms with Crippen LogP contribution in [0.1, 0.15) is 22.8 Å². The van der Waals surface area contributed by atoms with Crippen molar-refractivity contribution in [2.45, 2.75) is 6.92 Å². The van der Waals surface area contributed by atoms with Crippen LogP contribution >= 0.6 is 0 Å². The fourth-order valence-electron chi connectivity index (χ4n) is 3.05. The third-order valence-corrected chi connectivity index (χ3v) is 4.42. The molecule has 0 spiro atoms. The predicted octanol–water partition coefficient (Wildman–Crippen LogP) is 3.41. The smallest absolute Gasteiger partial charge is 0.195 e. The quantitative estimate of drug-likeness (QED) is 0.916. The van der Waals surface area contributed by atoms with Crippen molar-refractivity contribution in [2.75, 3.05) is 0 Å². The van der Waals surface area contributed by atoms with E-state index in [4.69, 9.17) is 10.5 Å². The Morgan fingerprint density at radius 3 is 2.20 bits per heavy atom. The number of carbonyl (C=O) groups is 2. The number of rotatable bonds is 2. The fourth-order valence-corrected chi connectivity index (χ4v) is 3.05. The van der Waals surface area contributed by atoms with Gasteiger partial charge in [-0.05, 0) is 25.1 Å². The number of hydrogen-bond donors (Lipinski definition) is 1. The Kier molecular flexibility index (Phi) is 3.39. The summed E-state index contributed by atoms with van der Waals surface area (Å²) in [6.45, 7) is 1.66. The predicted molar refractivity (Wildman–Crippen MR) is 94.7 cm³/mol. The number of hydrogen-bond acceptors (Lipinski definition) is 4. The number of nitrogens with two attached hydrogens (primary N) is 1. The summed E-state index contributed by atoms with van der Waals surface area (Å²) in [7, 11) is 0. The Balaban J connectivity index is 1.99. The first-order valence-electron chi connectivity index (χ1n) is 7.92. The van der Waals surface area contributed by atoms with Gasteiger partial charge in [0.05, 0.1) is 5.57 Å². The number of para-hydroxylation sites is 1. The number of ketones is 2. The summed E-state index contributed by atoms with van der Waals surface area (Å²) in [6.07, 6.45) is 1.57. The van der Waals surface area contributed by atoms with E-state index in [1.54, 1.807) is 43.3 Å². The van der Waals surface area contributed by atoms with Crippen LogP contribution in [0.5, 0.6) is 5.75 Å².